The van der Waals surface area contributed by atoms with Gasteiger partial charge in [-0.25, -0.2) is 0 Å². The van der Waals surface area contributed by atoms with Crippen LogP contribution in [0.4, 0.5) is 0 Å². The first-order chi connectivity index (χ1) is 9.60. The van der Waals surface area contributed by atoms with Crippen molar-refractivity contribution in [3.05, 3.63) is 33.8 Å². The molecule has 0 radical (unpaired) electrons. The lowest BCUT2D eigenvalue weighted by Crippen LogP contribution is -2.28. The minimum atomic E-state index is 0.281. The molecule has 1 N–H and O–H groups in total. The van der Waals surface area contributed by atoms with Crippen molar-refractivity contribution in [2.75, 3.05) is 6.54 Å². The molecular weight excluding hydrogens is 289 g/mol. The van der Waals surface area contributed by atoms with E-state index in [1.54, 1.807) is 0 Å². The molecule has 1 fully saturated rings. The fourth-order valence-corrected chi connectivity index (χ4v) is 3.72. The maximum atomic E-state index is 6.26. The molecule has 1 nitrogen and oxygen atoms in total. The smallest absolute Gasteiger partial charge is 0.0468 e. The Labute approximate surface area is 133 Å². The second kappa shape index (κ2) is 7.68. The van der Waals surface area contributed by atoms with Gasteiger partial charge in [-0.3, -0.25) is 0 Å². The summed E-state index contributed by atoms with van der Waals surface area (Å²) in [4.78, 5) is 0. The summed E-state index contributed by atoms with van der Waals surface area (Å²) in [5.41, 5.74) is 1.14. The largest absolute Gasteiger partial charge is 0.310 e. The van der Waals surface area contributed by atoms with Gasteiger partial charge < -0.3 is 5.32 Å². The molecule has 1 aromatic carbocycles. The molecule has 20 heavy (non-hydrogen) atoms. The molecule has 0 heterocycles. The average molecular weight is 314 g/mol. The molecule has 1 aromatic rings. The molecule has 0 spiro atoms. The predicted molar refractivity (Wildman–Crippen MR) is 88.6 cm³/mol. The first kappa shape index (κ1) is 16.1. The Kier molecular flexibility index (Phi) is 6.20. The van der Waals surface area contributed by atoms with Crippen LogP contribution < -0.4 is 5.32 Å². The number of halogens is 2. The van der Waals surface area contributed by atoms with Gasteiger partial charge in [-0.15, -0.1) is 0 Å². The number of rotatable bonds is 5. The summed E-state index contributed by atoms with van der Waals surface area (Å²) in [6, 6.07) is 6.04. The predicted octanol–water partition coefficient (Wildman–Crippen LogP) is 5.86. The van der Waals surface area contributed by atoms with Crippen LogP contribution in [0, 0.1) is 11.8 Å². The van der Waals surface area contributed by atoms with E-state index in [0.717, 1.165) is 29.0 Å². The summed E-state index contributed by atoms with van der Waals surface area (Å²) in [6.45, 7) is 5.58. The molecule has 0 aromatic heterocycles. The van der Waals surface area contributed by atoms with Crippen LogP contribution in [0.25, 0.3) is 0 Å². The summed E-state index contributed by atoms with van der Waals surface area (Å²) in [6.07, 6.45) is 6.88. The first-order valence-corrected chi connectivity index (χ1v) is 8.54. The van der Waals surface area contributed by atoms with Gasteiger partial charge in [0.1, 0.15) is 0 Å². The Morgan fingerprint density at radius 2 is 1.80 bits per heavy atom. The first-order valence-electron chi connectivity index (χ1n) is 7.78. The van der Waals surface area contributed by atoms with E-state index in [9.17, 15) is 0 Å². The molecule has 0 saturated heterocycles. The molecule has 3 heteroatoms. The van der Waals surface area contributed by atoms with Crippen molar-refractivity contribution >= 4 is 23.2 Å². The van der Waals surface area contributed by atoms with E-state index in [1.807, 2.05) is 18.2 Å². The molecule has 2 rings (SSSR count). The van der Waals surface area contributed by atoms with E-state index in [0.29, 0.717) is 5.02 Å². The van der Waals surface area contributed by atoms with Crippen molar-refractivity contribution < 1.29 is 0 Å². The molecule has 0 bridgehead atoms. The van der Waals surface area contributed by atoms with Crippen molar-refractivity contribution in [1.82, 2.24) is 5.32 Å². The lowest BCUT2D eigenvalue weighted by Gasteiger charge is -2.29. The van der Waals surface area contributed by atoms with Gasteiger partial charge in [0.25, 0.3) is 0 Å². The van der Waals surface area contributed by atoms with Gasteiger partial charge in [0.2, 0.25) is 0 Å². The molecule has 0 aliphatic heterocycles. The zero-order valence-electron chi connectivity index (χ0n) is 12.5. The number of benzene rings is 1. The maximum Gasteiger partial charge on any atom is 0.0468 e. The zero-order valence-corrected chi connectivity index (χ0v) is 14.0. The van der Waals surface area contributed by atoms with E-state index >= 15 is 0 Å². The van der Waals surface area contributed by atoms with Gasteiger partial charge in [-0.1, -0.05) is 55.5 Å². The fraction of sp³-hybridized carbons (Fsp3) is 0.647. The van der Waals surface area contributed by atoms with E-state index < -0.39 is 0 Å². The molecule has 0 amide bonds. The number of hydrogen-bond acceptors (Lipinski definition) is 1. The lowest BCUT2D eigenvalue weighted by atomic mass is 9.81. The quantitative estimate of drug-likeness (QED) is 0.717. The zero-order chi connectivity index (χ0) is 14.5. The van der Waals surface area contributed by atoms with Gasteiger partial charge in [0.05, 0.1) is 0 Å². The topological polar surface area (TPSA) is 12.0 Å². The van der Waals surface area contributed by atoms with Crippen molar-refractivity contribution in [2.24, 2.45) is 11.8 Å². The summed E-state index contributed by atoms with van der Waals surface area (Å²) < 4.78 is 0. The third kappa shape index (κ3) is 4.38. The molecular formula is C17H25Cl2N. The normalized spacial score (nSPS) is 24.6. The van der Waals surface area contributed by atoms with Crippen molar-refractivity contribution in [3.63, 3.8) is 0 Å². The molecule has 1 aliphatic carbocycles. The van der Waals surface area contributed by atoms with E-state index in [-0.39, 0.29) is 6.04 Å². The van der Waals surface area contributed by atoms with Crippen LogP contribution >= 0.6 is 23.2 Å². The molecule has 1 aliphatic rings. The van der Waals surface area contributed by atoms with Crippen LogP contribution in [-0.4, -0.2) is 6.54 Å². The molecule has 112 valence electrons. The minimum absolute atomic E-state index is 0.281. The van der Waals surface area contributed by atoms with Gasteiger partial charge in [-0.2, -0.15) is 0 Å². The average Bonchev–Trinajstić information content (AvgIpc) is 2.45. The number of nitrogens with one attached hydrogen (secondary N) is 1. The van der Waals surface area contributed by atoms with E-state index in [1.165, 1.54) is 32.1 Å². The summed E-state index contributed by atoms with van der Waals surface area (Å²) in [7, 11) is 0. The highest BCUT2D eigenvalue weighted by atomic mass is 35.5. The van der Waals surface area contributed by atoms with Crippen LogP contribution in [0.2, 0.25) is 10.0 Å². The highest BCUT2D eigenvalue weighted by Crippen LogP contribution is 2.31. The molecule has 1 atom stereocenters. The standard InChI is InChI=1S/C17H25Cl2N/c1-3-13-4-6-14(7-5-13)11-20-12(2)16-9-8-15(18)10-17(16)19/h8-10,12-14,20H,3-7,11H2,1-2H3. The van der Waals surface area contributed by atoms with Crippen LogP contribution in [-0.2, 0) is 0 Å². The Morgan fingerprint density at radius 1 is 1.15 bits per heavy atom. The monoisotopic (exact) mass is 313 g/mol. The third-order valence-corrected chi connectivity index (χ3v) is 5.25. The molecule has 1 saturated carbocycles. The van der Waals surface area contributed by atoms with Crippen LogP contribution in [0.15, 0.2) is 18.2 Å². The number of hydrogen-bond donors (Lipinski definition) is 1. The highest BCUT2D eigenvalue weighted by Gasteiger charge is 2.20. The van der Waals surface area contributed by atoms with E-state index in [2.05, 4.69) is 19.2 Å². The summed E-state index contributed by atoms with van der Waals surface area (Å²) >= 11 is 12.2. The van der Waals surface area contributed by atoms with Crippen LogP contribution in [0.1, 0.15) is 57.6 Å². The van der Waals surface area contributed by atoms with Crippen molar-refractivity contribution in [2.45, 2.75) is 52.0 Å². The van der Waals surface area contributed by atoms with Gasteiger partial charge in [0.15, 0.2) is 0 Å². The highest BCUT2D eigenvalue weighted by molar-refractivity contribution is 6.35. The molecule has 1 unspecified atom stereocenters. The fourth-order valence-electron chi connectivity index (χ4n) is 3.15. The van der Waals surface area contributed by atoms with Crippen LogP contribution in [0.5, 0.6) is 0 Å². The van der Waals surface area contributed by atoms with Crippen LogP contribution in [0.3, 0.4) is 0 Å². The lowest BCUT2D eigenvalue weighted by molar-refractivity contribution is 0.258. The van der Waals surface area contributed by atoms with Crippen molar-refractivity contribution in [3.8, 4) is 0 Å². The summed E-state index contributed by atoms with van der Waals surface area (Å²) in [5, 5.41) is 5.09. The van der Waals surface area contributed by atoms with Gasteiger partial charge in [0, 0.05) is 16.1 Å². The Hall–Kier alpha value is -0.240. The second-order valence-electron chi connectivity index (χ2n) is 6.09. The Morgan fingerprint density at radius 3 is 2.40 bits per heavy atom. The SMILES string of the molecule is CCC1CCC(CNC(C)c2ccc(Cl)cc2Cl)CC1. The minimum Gasteiger partial charge on any atom is -0.310 e. The Balaban J connectivity index is 1.82. The second-order valence-corrected chi connectivity index (χ2v) is 6.93. The Bertz CT molecular complexity index is 425. The van der Waals surface area contributed by atoms with Crippen molar-refractivity contribution in [1.29, 1.82) is 0 Å². The van der Waals surface area contributed by atoms with Gasteiger partial charge in [-0.05, 0) is 55.8 Å². The van der Waals surface area contributed by atoms with Gasteiger partial charge >= 0.3 is 0 Å². The summed E-state index contributed by atoms with van der Waals surface area (Å²) in [5.74, 6) is 1.79. The van der Waals surface area contributed by atoms with E-state index in [4.69, 9.17) is 23.2 Å². The maximum absolute atomic E-state index is 6.26. The third-order valence-electron chi connectivity index (χ3n) is 4.69.